The van der Waals surface area contributed by atoms with Gasteiger partial charge in [-0.1, -0.05) is 34.1 Å². The van der Waals surface area contributed by atoms with Gasteiger partial charge in [0.2, 0.25) is 5.91 Å². The van der Waals surface area contributed by atoms with Gasteiger partial charge in [0.05, 0.1) is 5.69 Å². The van der Waals surface area contributed by atoms with Crippen LogP contribution >= 0.6 is 38.6 Å². The lowest BCUT2D eigenvalue weighted by Gasteiger charge is -1.97. The Labute approximate surface area is 144 Å². The molecule has 1 N–H and O–H groups in total. The summed E-state index contributed by atoms with van der Waals surface area (Å²) < 4.78 is 1.03. The number of halogens is 1. The summed E-state index contributed by atoms with van der Waals surface area (Å²) in [4.78, 5) is 17.3. The number of amides is 1. The maximum atomic E-state index is 11.9. The number of thiazole rings is 1. The highest BCUT2D eigenvalue weighted by molar-refractivity contribution is 9.10. The smallest absolute Gasteiger partial charge is 0.250 e. The molecule has 0 saturated heterocycles. The van der Waals surface area contributed by atoms with Crippen molar-refractivity contribution >= 4 is 55.7 Å². The zero-order valence-corrected chi connectivity index (χ0v) is 14.5. The molecule has 3 rings (SSSR count). The minimum atomic E-state index is -0.176. The van der Waals surface area contributed by atoms with E-state index in [4.69, 9.17) is 0 Å². The number of nitrogens with one attached hydrogen (secondary N) is 1. The van der Waals surface area contributed by atoms with E-state index in [1.807, 2.05) is 47.2 Å². The molecular formula is C16H11BrN2OS2. The summed E-state index contributed by atoms with van der Waals surface area (Å²) in [5.41, 5.74) is 1.88. The van der Waals surface area contributed by atoms with Crippen LogP contribution in [0.2, 0.25) is 0 Å². The summed E-state index contributed by atoms with van der Waals surface area (Å²) in [7, 11) is 0. The van der Waals surface area contributed by atoms with Gasteiger partial charge in [0, 0.05) is 26.4 Å². The summed E-state index contributed by atoms with van der Waals surface area (Å²) in [6.07, 6.45) is 3.32. The predicted octanol–water partition coefficient (Wildman–Crippen LogP) is 5.29. The van der Waals surface area contributed by atoms with E-state index in [1.54, 1.807) is 17.4 Å². The highest BCUT2D eigenvalue weighted by Crippen LogP contribution is 2.26. The van der Waals surface area contributed by atoms with E-state index in [9.17, 15) is 4.79 Å². The average Bonchev–Trinajstić information content (AvgIpc) is 3.17. The van der Waals surface area contributed by atoms with Crippen molar-refractivity contribution in [1.82, 2.24) is 4.98 Å². The Morgan fingerprint density at radius 1 is 1.18 bits per heavy atom. The molecule has 0 fully saturated rings. The van der Waals surface area contributed by atoms with Crippen LogP contribution in [0.25, 0.3) is 17.3 Å². The van der Waals surface area contributed by atoms with Crippen molar-refractivity contribution in [2.45, 2.75) is 0 Å². The van der Waals surface area contributed by atoms with E-state index in [2.05, 4.69) is 26.2 Å². The number of aromatic nitrogens is 1. The molecule has 1 amide bonds. The predicted molar refractivity (Wildman–Crippen MR) is 97.2 cm³/mol. The highest BCUT2D eigenvalue weighted by atomic mass is 79.9. The standard InChI is InChI=1S/C16H11BrN2OS2/c17-12-5-3-11(4-6-12)14-10-22-16(18-14)19-15(20)8-7-13-2-1-9-21-13/h1-10H,(H,18,19,20). The second-order valence-electron chi connectivity index (χ2n) is 4.38. The lowest BCUT2D eigenvalue weighted by molar-refractivity contribution is -0.111. The molecule has 0 aliphatic carbocycles. The Hall–Kier alpha value is -1.76. The molecule has 0 aliphatic heterocycles. The fraction of sp³-hybridized carbons (Fsp3) is 0. The first-order chi connectivity index (χ1) is 10.7. The minimum absolute atomic E-state index is 0.176. The Balaban J connectivity index is 1.66. The summed E-state index contributed by atoms with van der Waals surface area (Å²) in [5, 5.41) is 7.29. The van der Waals surface area contributed by atoms with E-state index >= 15 is 0 Å². The van der Waals surface area contributed by atoms with Crippen molar-refractivity contribution in [1.29, 1.82) is 0 Å². The van der Waals surface area contributed by atoms with Crippen molar-refractivity contribution < 1.29 is 4.79 Å². The van der Waals surface area contributed by atoms with E-state index in [-0.39, 0.29) is 5.91 Å². The van der Waals surface area contributed by atoms with Gasteiger partial charge < -0.3 is 0 Å². The normalized spacial score (nSPS) is 11.0. The van der Waals surface area contributed by atoms with Gasteiger partial charge in [0.1, 0.15) is 0 Å². The molecule has 3 nitrogen and oxygen atoms in total. The quantitative estimate of drug-likeness (QED) is 0.615. The number of carbonyl (C=O) groups is 1. The van der Waals surface area contributed by atoms with Gasteiger partial charge in [0.25, 0.3) is 0 Å². The van der Waals surface area contributed by atoms with Gasteiger partial charge in [-0.2, -0.15) is 0 Å². The van der Waals surface area contributed by atoms with Crippen LogP contribution in [-0.4, -0.2) is 10.9 Å². The zero-order valence-electron chi connectivity index (χ0n) is 11.3. The molecule has 0 atom stereocenters. The van der Waals surface area contributed by atoms with Gasteiger partial charge in [-0.3, -0.25) is 10.1 Å². The molecule has 0 saturated carbocycles. The third-order valence-electron chi connectivity index (χ3n) is 2.82. The Bertz CT molecular complexity index is 792. The first-order valence-corrected chi connectivity index (χ1v) is 9.00. The molecule has 3 aromatic rings. The first-order valence-electron chi connectivity index (χ1n) is 6.45. The lowest BCUT2D eigenvalue weighted by atomic mass is 10.2. The number of carbonyl (C=O) groups excluding carboxylic acids is 1. The average molecular weight is 391 g/mol. The number of hydrogen-bond acceptors (Lipinski definition) is 4. The van der Waals surface area contributed by atoms with Gasteiger partial charge in [-0.05, 0) is 29.7 Å². The number of nitrogens with zero attached hydrogens (tertiary/aromatic N) is 1. The molecule has 110 valence electrons. The number of thiophene rings is 1. The van der Waals surface area contributed by atoms with Crippen LogP contribution in [-0.2, 0) is 4.79 Å². The van der Waals surface area contributed by atoms with Gasteiger partial charge in [0.15, 0.2) is 5.13 Å². The van der Waals surface area contributed by atoms with E-state index in [0.29, 0.717) is 5.13 Å². The zero-order chi connectivity index (χ0) is 15.4. The number of rotatable bonds is 4. The Morgan fingerprint density at radius 2 is 2.00 bits per heavy atom. The SMILES string of the molecule is O=C(C=Cc1cccs1)Nc1nc(-c2ccc(Br)cc2)cs1. The molecule has 0 bridgehead atoms. The van der Waals surface area contributed by atoms with Crippen LogP contribution in [0.5, 0.6) is 0 Å². The lowest BCUT2D eigenvalue weighted by Crippen LogP contribution is -2.07. The Morgan fingerprint density at radius 3 is 2.73 bits per heavy atom. The van der Waals surface area contributed by atoms with Crippen molar-refractivity contribution in [3.8, 4) is 11.3 Å². The van der Waals surface area contributed by atoms with Gasteiger partial charge in [-0.25, -0.2) is 4.98 Å². The molecule has 0 aliphatic rings. The summed E-state index contributed by atoms with van der Waals surface area (Å²) in [6.45, 7) is 0. The van der Waals surface area contributed by atoms with E-state index < -0.39 is 0 Å². The fourth-order valence-corrected chi connectivity index (χ4v) is 3.38. The summed E-state index contributed by atoms with van der Waals surface area (Å²) >= 11 is 6.41. The van der Waals surface area contributed by atoms with Crippen LogP contribution in [0.4, 0.5) is 5.13 Å². The molecule has 22 heavy (non-hydrogen) atoms. The largest absolute Gasteiger partial charge is 0.298 e. The van der Waals surface area contributed by atoms with E-state index in [1.165, 1.54) is 17.4 Å². The second kappa shape index (κ2) is 7.00. The maximum absolute atomic E-state index is 11.9. The molecule has 6 heteroatoms. The van der Waals surface area contributed by atoms with Crippen LogP contribution < -0.4 is 5.32 Å². The molecule has 2 heterocycles. The number of anilines is 1. The molecule has 0 spiro atoms. The third-order valence-corrected chi connectivity index (χ3v) is 4.94. The molecule has 2 aromatic heterocycles. The fourth-order valence-electron chi connectivity index (χ4n) is 1.78. The topological polar surface area (TPSA) is 42.0 Å². The van der Waals surface area contributed by atoms with Crippen molar-refractivity contribution in [3.05, 3.63) is 62.6 Å². The minimum Gasteiger partial charge on any atom is -0.298 e. The van der Waals surface area contributed by atoms with Crippen molar-refractivity contribution in [3.63, 3.8) is 0 Å². The van der Waals surface area contributed by atoms with Crippen LogP contribution in [0.15, 0.2) is 57.7 Å². The van der Waals surface area contributed by atoms with Gasteiger partial charge in [-0.15, -0.1) is 22.7 Å². The van der Waals surface area contributed by atoms with Crippen molar-refractivity contribution in [2.75, 3.05) is 5.32 Å². The monoisotopic (exact) mass is 390 g/mol. The third kappa shape index (κ3) is 3.91. The van der Waals surface area contributed by atoms with Crippen LogP contribution in [0.1, 0.15) is 4.88 Å². The summed E-state index contributed by atoms with van der Waals surface area (Å²) in [5.74, 6) is -0.176. The molecular weight excluding hydrogens is 380 g/mol. The molecule has 0 radical (unpaired) electrons. The molecule has 1 aromatic carbocycles. The Kier molecular flexibility index (Phi) is 4.82. The van der Waals surface area contributed by atoms with E-state index in [0.717, 1.165) is 20.6 Å². The number of hydrogen-bond donors (Lipinski definition) is 1. The van der Waals surface area contributed by atoms with Crippen molar-refractivity contribution in [2.24, 2.45) is 0 Å². The number of benzene rings is 1. The second-order valence-corrected chi connectivity index (χ2v) is 7.14. The van der Waals surface area contributed by atoms with Gasteiger partial charge >= 0.3 is 0 Å². The highest BCUT2D eigenvalue weighted by Gasteiger charge is 2.06. The molecule has 0 unspecified atom stereocenters. The van der Waals surface area contributed by atoms with Crippen LogP contribution in [0, 0.1) is 0 Å². The summed E-state index contributed by atoms with van der Waals surface area (Å²) in [6, 6.07) is 11.8. The first kappa shape index (κ1) is 15.1. The van der Waals surface area contributed by atoms with Crippen LogP contribution in [0.3, 0.4) is 0 Å². The maximum Gasteiger partial charge on any atom is 0.250 e.